The zero-order valence-corrected chi connectivity index (χ0v) is 14.0. The molecule has 2 aliphatic rings. The molecule has 1 fully saturated rings. The van der Waals surface area contributed by atoms with Crippen LogP contribution in [0.15, 0.2) is 35.5 Å². The summed E-state index contributed by atoms with van der Waals surface area (Å²) in [6, 6.07) is 0. The molecule has 0 aromatic rings. The topological polar surface area (TPSA) is 43.4 Å². The molecule has 0 radical (unpaired) electrons. The predicted octanol–water partition coefficient (Wildman–Crippen LogP) is 4.00. The quantitative estimate of drug-likeness (QED) is 0.449. The first-order chi connectivity index (χ1) is 10.3. The second-order valence-electron chi connectivity index (χ2n) is 6.78. The van der Waals surface area contributed by atoms with Crippen LogP contribution in [0, 0.1) is 17.8 Å². The van der Waals surface area contributed by atoms with Gasteiger partial charge in [-0.05, 0) is 51.5 Å². The Balaban J connectivity index is 2.25. The van der Waals surface area contributed by atoms with E-state index in [1.165, 1.54) is 5.57 Å². The molecule has 2 rings (SSSR count). The molecule has 4 unspecified atom stereocenters. The van der Waals surface area contributed by atoms with E-state index >= 15 is 0 Å². The number of allylic oxidation sites excluding steroid dienone is 3. The van der Waals surface area contributed by atoms with Gasteiger partial charge in [-0.1, -0.05) is 30.7 Å². The molecule has 0 bridgehead atoms. The smallest absolute Gasteiger partial charge is 0.333 e. The lowest BCUT2D eigenvalue weighted by atomic mass is 9.87. The number of carbonyl (C=O) groups is 2. The summed E-state index contributed by atoms with van der Waals surface area (Å²) in [7, 11) is 0. The van der Waals surface area contributed by atoms with Crippen LogP contribution in [0.4, 0.5) is 0 Å². The van der Waals surface area contributed by atoms with Gasteiger partial charge < -0.3 is 4.74 Å². The second kappa shape index (κ2) is 6.64. The second-order valence-corrected chi connectivity index (χ2v) is 6.78. The van der Waals surface area contributed by atoms with E-state index in [-0.39, 0.29) is 23.8 Å². The standard InChI is InChI=1S/C19H26O3/c1-6-12(4)19(21)22-18-7-13(5)17-10-15(20)8-14(17)9-16(18)11(2)3/h6,8,13,16-18H,2,7,9-10H2,1,3-5H3/b12-6-. The van der Waals surface area contributed by atoms with Crippen molar-refractivity contribution in [3.05, 3.63) is 35.5 Å². The highest BCUT2D eigenvalue weighted by molar-refractivity contribution is 5.93. The maximum atomic E-state index is 12.1. The van der Waals surface area contributed by atoms with Crippen LogP contribution in [-0.4, -0.2) is 17.9 Å². The Labute approximate surface area is 133 Å². The van der Waals surface area contributed by atoms with E-state index in [2.05, 4.69) is 13.5 Å². The molecule has 0 saturated heterocycles. The highest BCUT2D eigenvalue weighted by Crippen LogP contribution is 2.43. The van der Waals surface area contributed by atoms with Crippen molar-refractivity contribution >= 4 is 11.8 Å². The molecule has 0 heterocycles. The summed E-state index contributed by atoms with van der Waals surface area (Å²) in [6.07, 6.45) is 5.59. The Morgan fingerprint density at radius 2 is 2.05 bits per heavy atom. The lowest BCUT2D eigenvalue weighted by Crippen LogP contribution is -2.29. The number of hydrogen-bond donors (Lipinski definition) is 0. The molecular weight excluding hydrogens is 276 g/mol. The minimum absolute atomic E-state index is 0.0956. The van der Waals surface area contributed by atoms with E-state index in [0.29, 0.717) is 23.8 Å². The van der Waals surface area contributed by atoms with Crippen LogP contribution in [0.5, 0.6) is 0 Å². The molecular formula is C19H26O3. The predicted molar refractivity (Wildman–Crippen MR) is 87.2 cm³/mol. The molecule has 0 aromatic carbocycles. The van der Waals surface area contributed by atoms with Crippen LogP contribution < -0.4 is 0 Å². The van der Waals surface area contributed by atoms with Crippen molar-refractivity contribution in [3.63, 3.8) is 0 Å². The van der Waals surface area contributed by atoms with Crippen LogP contribution in [0.3, 0.4) is 0 Å². The molecule has 120 valence electrons. The summed E-state index contributed by atoms with van der Waals surface area (Å²) >= 11 is 0. The molecule has 0 aromatic heterocycles. The summed E-state index contributed by atoms with van der Waals surface area (Å²) in [6.45, 7) is 11.8. The monoisotopic (exact) mass is 302 g/mol. The first kappa shape index (κ1) is 16.7. The van der Waals surface area contributed by atoms with Crippen molar-refractivity contribution in [3.8, 4) is 0 Å². The highest BCUT2D eigenvalue weighted by Gasteiger charge is 2.39. The molecule has 2 aliphatic carbocycles. The van der Waals surface area contributed by atoms with E-state index in [1.54, 1.807) is 19.1 Å². The van der Waals surface area contributed by atoms with Crippen LogP contribution >= 0.6 is 0 Å². The van der Waals surface area contributed by atoms with Gasteiger partial charge in [0.05, 0.1) is 0 Å². The fourth-order valence-corrected chi connectivity index (χ4v) is 3.55. The molecule has 4 atom stereocenters. The fourth-order valence-electron chi connectivity index (χ4n) is 3.55. The van der Waals surface area contributed by atoms with Gasteiger partial charge in [-0.15, -0.1) is 0 Å². The van der Waals surface area contributed by atoms with Crippen molar-refractivity contribution in [1.82, 2.24) is 0 Å². The third kappa shape index (κ3) is 3.40. The molecule has 0 N–H and O–H groups in total. The Hall–Kier alpha value is -1.64. The third-order valence-corrected chi connectivity index (χ3v) is 5.09. The van der Waals surface area contributed by atoms with Gasteiger partial charge in [-0.3, -0.25) is 4.79 Å². The fraction of sp³-hybridized carbons (Fsp3) is 0.579. The number of rotatable bonds is 3. The summed E-state index contributed by atoms with van der Waals surface area (Å²) in [5.74, 6) is 0.723. The molecule has 3 nitrogen and oxygen atoms in total. The van der Waals surface area contributed by atoms with Gasteiger partial charge in [0.15, 0.2) is 5.78 Å². The van der Waals surface area contributed by atoms with E-state index in [1.807, 2.05) is 13.8 Å². The van der Waals surface area contributed by atoms with Gasteiger partial charge in [0.2, 0.25) is 0 Å². The third-order valence-electron chi connectivity index (χ3n) is 5.09. The van der Waals surface area contributed by atoms with Crippen LogP contribution in [0.1, 0.15) is 47.0 Å². The number of hydrogen-bond acceptors (Lipinski definition) is 3. The maximum absolute atomic E-state index is 12.1. The normalized spacial score (nSPS) is 32.1. The Morgan fingerprint density at radius 1 is 1.36 bits per heavy atom. The average molecular weight is 302 g/mol. The lowest BCUT2D eigenvalue weighted by Gasteiger charge is -2.27. The van der Waals surface area contributed by atoms with E-state index in [4.69, 9.17) is 4.74 Å². The molecule has 0 aliphatic heterocycles. The minimum atomic E-state index is -0.247. The van der Waals surface area contributed by atoms with Gasteiger partial charge in [0, 0.05) is 17.9 Å². The van der Waals surface area contributed by atoms with Gasteiger partial charge in [-0.2, -0.15) is 0 Å². The van der Waals surface area contributed by atoms with Crippen molar-refractivity contribution in [2.45, 2.75) is 53.1 Å². The molecule has 1 saturated carbocycles. The summed E-state index contributed by atoms with van der Waals surface area (Å²) in [5.41, 5.74) is 2.86. The average Bonchev–Trinajstić information content (AvgIpc) is 2.78. The van der Waals surface area contributed by atoms with Crippen molar-refractivity contribution < 1.29 is 14.3 Å². The minimum Gasteiger partial charge on any atom is -0.458 e. The summed E-state index contributed by atoms with van der Waals surface area (Å²) in [5, 5.41) is 0. The van der Waals surface area contributed by atoms with Gasteiger partial charge in [-0.25, -0.2) is 4.79 Å². The number of ether oxygens (including phenoxy) is 1. The maximum Gasteiger partial charge on any atom is 0.333 e. The van der Waals surface area contributed by atoms with Crippen LogP contribution in [0.25, 0.3) is 0 Å². The van der Waals surface area contributed by atoms with Gasteiger partial charge >= 0.3 is 5.97 Å². The van der Waals surface area contributed by atoms with E-state index in [0.717, 1.165) is 18.4 Å². The zero-order valence-electron chi connectivity index (χ0n) is 14.0. The first-order valence-corrected chi connectivity index (χ1v) is 8.06. The molecule has 3 heteroatoms. The first-order valence-electron chi connectivity index (χ1n) is 8.06. The molecule has 0 amide bonds. The van der Waals surface area contributed by atoms with Crippen molar-refractivity contribution in [1.29, 1.82) is 0 Å². The summed E-state index contributed by atoms with van der Waals surface area (Å²) < 4.78 is 5.78. The number of fused-ring (bicyclic) bond motifs is 1. The van der Waals surface area contributed by atoms with E-state index in [9.17, 15) is 9.59 Å². The van der Waals surface area contributed by atoms with E-state index < -0.39 is 0 Å². The summed E-state index contributed by atoms with van der Waals surface area (Å²) in [4.78, 5) is 23.9. The largest absolute Gasteiger partial charge is 0.458 e. The van der Waals surface area contributed by atoms with Crippen molar-refractivity contribution in [2.75, 3.05) is 0 Å². The zero-order chi connectivity index (χ0) is 16.4. The number of ketones is 1. The van der Waals surface area contributed by atoms with Crippen LogP contribution in [-0.2, 0) is 14.3 Å². The Kier molecular flexibility index (Phi) is 5.05. The van der Waals surface area contributed by atoms with Crippen molar-refractivity contribution in [2.24, 2.45) is 17.8 Å². The number of esters is 1. The van der Waals surface area contributed by atoms with Gasteiger partial charge in [0.1, 0.15) is 6.10 Å². The lowest BCUT2D eigenvalue weighted by molar-refractivity contribution is -0.147. The molecule has 0 spiro atoms. The molecule has 22 heavy (non-hydrogen) atoms. The Bertz CT molecular complexity index is 553. The Morgan fingerprint density at radius 3 is 2.64 bits per heavy atom. The van der Waals surface area contributed by atoms with Gasteiger partial charge in [0.25, 0.3) is 0 Å². The SMILES string of the molecule is C=C(C)C1CC2=CC(=O)CC2C(C)CC1OC(=O)/C(C)=C\C. The number of carbonyl (C=O) groups excluding carboxylic acids is 2. The van der Waals surface area contributed by atoms with Crippen LogP contribution in [0.2, 0.25) is 0 Å². The highest BCUT2D eigenvalue weighted by atomic mass is 16.5.